The minimum absolute atomic E-state index is 0.0647. The van der Waals surface area contributed by atoms with Crippen LogP contribution < -0.4 is 14.9 Å². The molecule has 0 aromatic heterocycles. The fourth-order valence-electron chi connectivity index (χ4n) is 3.10. The van der Waals surface area contributed by atoms with Crippen LogP contribution in [0.25, 0.3) is 0 Å². The van der Waals surface area contributed by atoms with E-state index in [4.69, 9.17) is 4.74 Å². The Hall–Kier alpha value is -2.49. The third kappa shape index (κ3) is 5.56. The highest BCUT2D eigenvalue weighted by Gasteiger charge is 2.22. The standard InChI is InChI=1S/C21H26FN3O4S/c1-21(2,3)24-30(27,28)17-7-4-15(5-8-17)20(26)23-16-6-9-19(18(22)14-16)25-10-12-29-13-11-25/h4-9,14,24H,10-13H2,1-3H3,(H,23,26). The Morgan fingerprint density at radius 2 is 1.70 bits per heavy atom. The summed E-state index contributed by atoms with van der Waals surface area (Å²) >= 11 is 0. The number of anilines is 2. The van der Waals surface area contributed by atoms with Gasteiger partial charge in [-0.2, -0.15) is 0 Å². The van der Waals surface area contributed by atoms with Gasteiger partial charge in [-0.15, -0.1) is 0 Å². The average Bonchev–Trinajstić information content (AvgIpc) is 2.67. The normalized spacial score (nSPS) is 15.1. The smallest absolute Gasteiger partial charge is 0.255 e. The Morgan fingerprint density at radius 3 is 2.27 bits per heavy atom. The monoisotopic (exact) mass is 435 g/mol. The molecule has 1 amide bonds. The van der Waals surface area contributed by atoms with Gasteiger partial charge < -0.3 is 15.0 Å². The lowest BCUT2D eigenvalue weighted by atomic mass is 10.1. The van der Waals surface area contributed by atoms with Gasteiger partial charge in [0.15, 0.2) is 0 Å². The minimum atomic E-state index is -3.69. The number of benzene rings is 2. The molecule has 162 valence electrons. The first kappa shape index (κ1) is 22.2. The molecule has 2 aromatic carbocycles. The summed E-state index contributed by atoms with van der Waals surface area (Å²) in [6.07, 6.45) is 0. The van der Waals surface area contributed by atoms with Crippen LogP contribution in [0.1, 0.15) is 31.1 Å². The first-order chi connectivity index (χ1) is 14.0. The predicted octanol–water partition coefficient (Wildman–Crippen LogP) is 2.99. The van der Waals surface area contributed by atoms with Gasteiger partial charge in [0.25, 0.3) is 5.91 Å². The van der Waals surface area contributed by atoms with Crippen molar-refractivity contribution in [1.29, 1.82) is 0 Å². The molecule has 1 saturated heterocycles. The number of carbonyl (C=O) groups excluding carboxylic acids is 1. The third-order valence-electron chi connectivity index (χ3n) is 4.42. The molecule has 0 aliphatic carbocycles. The molecule has 2 aromatic rings. The molecule has 2 N–H and O–H groups in total. The summed E-state index contributed by atoms with van der Waals surface area (Å²) in [5.74, 6) is -0.884. The van der Waals surface area contributed by atoms with Gasteiger partial charge in [0.2, 0.25) is 10.0 Å². The number of halogens is 1. The lowest BCUT2D eigenvalue weighted by Gasteiger charge is -2.29. The number of morpholine rings is 1. The van der Waals surface area contributed by atoms with Gasteiger partial charge in [-0.25, -0.2) is 17.5 Å². The van der Waals surface area contributed by atoms with Crippen molar-refractivity contribution in [2.24, 2.45) is 0 Å². The van der Waals surface area contributed by atoms with Crippen LogP contribution in [0.3, 0.4) is 0 Å². The summed E-state index contributed by atoms with van der Waals surface area (Å²) in [5, 5.41) is 2.64. The van der Waals surface area contributed by atoms with Crippen molar-refractivity contribution in [3.8, 4) is 0 Å². The van der Waals surface area contributed by atoms with E-state index in [9.17, 15) is 17.6 Å². The van der Waals surface area contributed by atoms with Crippen molar-refractivity contribution < 1.29 is 22.3 Å². The second-order valence-electron chi connectivity index (χ2n) is 8.10. The summed E-state index contributed by atoms with van der Waals surface area (Å²) in [7, 11) is -3.69. The maximum Gasteiger partial charge on any atom is 0.255 e. The lowest BCUT2D eigenvalue weighted by Crippen LogP contribution is -2.40. The molecule has 1 heterocycles. The van der Waals surface area contributed by atoms with E-state index >= 15 is 0 Å². The van der Waals surface area contributed by atoms with E-state index in [0.717, 1.165) is 0 Å². The zero-order chi connectivity index (χ0) is 21.9. The first-order valence-corrected chi connectivity index (χ1v) is 11.1. The fraction of sp³-hybridized carbons (Fsp3) is 0.381. The summed E-state index contributed by atoms with van der Waals surface area (Å²) in [5.41, 5.74) is 0.437. The van der Waals surface area contributed by atoms with Crippen molar-refractivity contribution >= 4 is 27.3 Å². The number of nitrogens with one attached hydrogen (secondary N) is 2. The Kier molecular flexibility index (Phi) is 6.44. The van der Waals surface area contributed by atoms with Crippen molar-refractivity contribution in [1.82, 2.24) is 4.72 Å². The van der Waals surface area contributed by atoms with E-state index in [1.807, 2.05) is 4.90 Å². The highest BCUT2D eigenvalue weighted by Crippen LogP contribution is 2.24. The van der Waals surface area contributed by atoms with Gasteiger partial charge in [-0.1, -0.05) is 0 Å². The SMILES string of the molecule is CC(C)(C)NS(=O)(=O)c1ccc(C(=O)Nc2ccc(N3CCOCC3)c(F)c2)cc1. The molecule has 0 atom stereocenters. The molecule has 7 nitrogen and oxygen atoms in total. The van der Waals surface area contributed by atoms with Gasteiger partial charge in [0.1, 0.15) is 5.82 Å². The van der Waals surface area contributed by atoms with Crippen LogP contribution in [0.4, 0.5) is 15.8 Å². The van der Waals surface area contributed by atoms with E-state index in [0.29, 0.717) is 37.7 Å². The zero-order valence-corrected chi connectivity index (χ0v) is 18.1. The number of carbonyl (C=O) groups is 1. The van der Waals surface area contributed by atoms with E-state index in [-0.39, 0.29) is 10.5 Å². The lowest BCUT2D eigenvalue weighted by molar-refractivity contribution is 0.102. The van der Waals surface area contributed by atoms with Crippen molar-refractivity contribution in [2.75, 3.05) is 36.5 Å². The van der Waals surface area contributed by atoms with E-state index in [2.05, 4.69) is 10.0 Å². The molecule has 1 fully saturated rings. The largest absolute Gasteiger partial charge is 0.378 e. The van der Waals surface area contributed by atoms with Crippen molar-refractivity contribution in [3.05, 3.63) is 53.8 Å². The Morgan fingerprint density at radius 1 is 1.07 bits per heavy atom. The molecular weight excluding hydrogens is 409 g/mol. The molecule has 0 saturated carbocycles. The number of sulfonamides is 1. The van der Waals surface area contributed by atoms with Crippen LogP contribution in [-0.4, -0.2) is 46.2 Å². The second-order valence-corrected chi connectivity index (χ2v) is 9.78. The quantitative estimate of drug-likeness (QED) is 0.754. The Balaban J connectivity index is 1.69. The number of ether oxygens (including phenoxy) is 1. The molecule has 1 aliphatic rings. The third-order valence-corrected chi connectivity index (χ3v) is 6.20. The maximum atomic E-state index is 14.5. The van der Waals surface area contributed by atoms with E-state index in [1.165, 1.54) is 30.3 Å². The van der Waals surface area contributed by atoms with Crippen LogP contribution in [-0.2, 0) is 14.8 Å². The second kappa shape index (κ2) is 8.71. The van der Waals surface area contributed by atoms with Crippen LogP contribution >= 0.6 is 0 Å². The average molecular weight is 436 g/mol. The van der Waals surface area contributed by atoms with Crippen molar-refractivity contribution in [2.45, 2.75) is 31.2 Å². The first-order valence-electron chi connectivity index (χ1n) is 9.63. The number of amides is 1. The highest BCUT2D eigenvalue weighted by molar-refractivity contribution is 7.89. The van der Waals surface area contributed by atoms with Gasteiger partial charge in [0.05, 0.1) is 23.8 Å². The Labute approximate surface area is 176 Å². The molecule has 30 heavy (non-hydrogen) atoms. The number of hydrogen-bond acceptors (Lipinski definition) is 5. The number of rotatable bonds is 5. The highest BCUT2D eigenvalue weighted by atomic mass is 32.2. The summed E-state index contributed by atoms with van der Waals surface area (Å²) < 4.78 is 47.0. The molecular formula is C21H26FN3O4S. The molecule has 1 aliphatic heterocycles. The number of hydrogen-bond donors (Lipinski definition) is 2. The minimum Gasteiger partial charge on any atom is -0.378 e. The van der Waals surface area contributed by atoms with Crippen LogP contribution in [0.5, 0.6) is 0 Å². The van der Waals surface area contributed by atoms with Gasteiger partial charge in [-0.05, 0) is 63.2 Å². The van der Waals surface area contributed by atoms with Gasteiger partial charge >= 0.3 is 0 Å². The molecule has 0 bridgehead atoms. The zero-order valence-electron chi connectivity index (χ0n) is 17.2. The molecule has 0 spiro atoms. The topological polar surface area (TPSA) is 87.7 Å². The summed E-state index contributed by atoms with van der Waals surface area (Å²) in [4.78, 5) is 14.4. The maximum absolute atomic E-state index is 14.5. The van der Waals surface area contributed by atoms with E-state index in [1.54, 1.807) is 32.9 Å². The number of nitrogens with zero attached hydrogens (tertiary/aromatic N) is 1. The van der Waals surface area contributed by atoms with Crippen LogP contribution in [0, 0.1) is 5.82 Å². The van der Waals surface area contributed by atoms with Crippen LogP contribution in [0.2, 0.25) is 0 Å². The molecule has 9 heteroatoms. The fourth-order valence-corrected chi connectivity index (χ4v) is 4.51. The molecule has 3 rings (SSSR count). The van der Waals surface area contributed by atoms with E-state index < -0.39 is 27.3 Å². The Bertz CT molecular complexity index is 1010. The van der Waals surface area contributed by atoms with Crippen LogP contribution in [0.15, 0.2) is 47.4 Å². The molecule has 0 radical (unpaired) electrons. The van der Waals surface area contributed by atoms with Gasteiger partial charge in [0, 0.05) is 29.9 Å². The molecule has 0 unspecified atom stereocenters. The van der Waals surface area contributed by atoms with Gasteiger partial charge in [-0.3, -0.25) is 4.79 Å². The predicted molar refractivity (Wildman–Crippen MR) is 114 cm³/mol. The van der Waals surface area contributed by atoms with Crippen molar-refractivity contribution in [3.63, 3.8) is 0 Å². The summed E-state index contributed by atoms with van der Waals surface area (Å²) in [6.45, 7) is 7.56. The summed E-state index contributed by atoms with van der Waals surface area (Å²) in [6, 6.07) is 10.1.